The fourth-order valence-corrected chi connectivity index (χ4v) is 4.17. The van der Waals surface area contributed by atoms with E-state index in [0.29, 0.717) is 12.8 Å². The first-order valence-electron chi connectivity index (χ1n) is 8.29. The summed E-state index contributed by atoms with van der Waals surface area (Å²) in [5, 5.41) is 0. The van der Waals surface area contributed by atoms with Crippen LogP contribution in [0, 0.1) is 0 Å². The molecule has 2 atom stereocenters. The van der Waals surface area contributed by atoms with Gasteiger partial charge in [0.05, 0.1) is 6.04 Å². The smallest absolute Gasteiger partial charge is 0.195 e. The van der Waals surface area contributed by atoms with E-state index in [4.69, 9.17) is 0 Å². The van der Waals surface area contributed by atoms with Crippen molar-refractivity contribution in [1.29, 1.82) is 0 Å². The molecule has 0 unspecified atom stereocenters. The zero-order valence-electron chi connectivity index (χ0n) is 13.6. The maximum atomic E-state index is 13.5. The summed E-state index contributed by atoms with van der Waals surface area (Å²) < 4.78 is 0. The molecule has 0 fully saturated rings. The number of aldehydes is 1. The van der Waals surface area contributed by atoms with E-state index in [9.17, 15) is 9.59 Å². The molecule has 2 aliphatic rings. The molecule has 0 amide bonds. The quantitative estimate of drug-likeness (QED) is 0.636. The van der Waals surface area contributed by atoms with E-state index < -0.39 is 5.54 Å². The van der Waals surface area contributed by atoms with Crippen molar-refractivity contribution in [3.63, 3.8) is 0 Å². The largest absolute Gasteiger partial charge is 0.347 e. The summed E-state index contributed by atoms with van der Waals surface area (Å²) in [6.07, 6.45) is 4.10. The van der Waals surface area contributed by atoms with Crippen LogP contribution < -0.4 is 4.90 Å². The van der Waals surface area contributed by atoms with Gasteiger partial charge in [0.2, 0.25) is 0 Å². The molecule has 2 aromatic carbocycles. The highest BCUT2D eigenvalue weighted by molar-refractivity contribution is 6.15. The Morgan fingerprint density at radius 1 is 1.12 bits per heavy atom. The summed E-state index contributed by atoms with van der Waals surface area (Å²) in [4.78, 5) is 26.9. The van der Waals surface area contributed by atoms with Crippen LogP contribution in [0.3, 0.4) is 0 Å². The molecule has 0 N–H and O–H groups in total. The molecule has 24 heavy (non-hydrogen) atoms. The Morgan fingerprint density at radius 3 is 2.58 bits per heavy atom. The second-order valence-corrected chi connectivity index (χ2v) is 6.51. The van der Waals surface area contributed by atoms with Crippen molar-refractivity contribution in [2.75, 3.05) is 4.90 Å². The second-order valence-electron chi connectivity index (χ2n) is 6.51. The fourth-order valence-electron chi connectivity index (χ4n) is 4.17. The van der Waals surface area contributed by atoms with Crippen molar-refractivity contribution < 1.29 is 9.59 Å². The van der Waals surface area contributed by atoms with Gasteiger partial charge < -0.3 is 9.69 Å². The van der Waals surface area contributed by atoms with Gasteiger partial charge in [-0.2, -0.15) is 0 Å². The van der Waals surface area contributed by atoms with Gasteiger partial charge in [-0.05, 0) is 24.6 Å². The number of para-hydroxylation sites is 1. The first-order valence-corrected chi connectivity index (χ1v) is 8.29. The number of nitrogens with zero attached hydrogens (tertiary/aromatic N) is 1. The standard InChI is InChI=1S/C21H19NO2/c1-15-11-13-21(16-7-3-2-4-8-16)20(24)17-9-5-6-10-19(17)22(21)18(15)12-14-23/h2-11,14,18H,12-13H2,1H3/t18-,21-/m1/s1. The Morgan fingerprint density at radius 2 is 1.83 bits per heavy atom. The van der Waals surface area contributed by atoms with Crippen molar-refractivity contribution in [3.8, 4) is 0 Å². The third kappa shape index (κ3) is 1.84. The first kappa shape index (κ1) is 14.9. The Balaban J connectivity index is 2.00. The highest BCUT2D eigenvalue weighted by Crippen LogP contribution is 2.51. The molecule has 0 saturated heterocycles. The summed E-state index contributed by atoms with van der Waals surface area (Å²) in [5.41, 5.74) is 3.09. The minimum atomic E-state index is -0.738. The van der Waals surface area contributed by atoms with Crippen LogP contribution in [0.25, 0.3) is 0 Å². The average Bonchev–Trinajstić information content (AvgIpc) is 2.89. The molecule has 2 heterocycles. The summed E-state index contributed by atoms with van der Waals surface area (Å²) in [6.45, 7) is 2.05. The number of hydrogen-bond acceptors (Lipinski definition) is 3. The molecule has 2 aromatic rings. The molecule has 120 valence electrons. The average molecular weight is 317 g/mol. The maximum Gasteiger partial charge on any atom is 0.195 e. The van der Waals surface area contributed by atoms with Crippen LogP contribution >= 0.6 is 0 Å². The number of anilines is 1. The Bertz CT molecular complexity index is 840. The summed E-state index contributed by atoms with van der Waals surface area (Å²) in [7, 11) is 0. The third-order valence-electron chi connectivity index (χ3n) is 5.32. The molecular weight excluding hydrogens is 298 g/mol. The lowest BCUT2D eigenvalue weighted by Gasteiger charge is -2.47. The van der Waals surface area contributed by atoms with Crippen LogP contribution in [0.1, 0.15) is 35.7 Å². The van der Waals surface area contributed by atoms with Crippen LogP contribution in [0.15, 0.2) is 66.2 Å². The van der Waals surface area contributed by atoms with Crippen molar-refractivity contribution in [2.24, 2.45) is 0 Å². The predicted molar refractivity (Wildman–Crippen MR) is 94.2 cm³/mol. The second kappa shape index (κ2) is 5.45. The molecular formula is C21H19NO2. The Hall–Kier alpha value is -2.68. The molecule has 0 radical (unpaired) electrons. The topological polar surface area (TPSA) is 37.4 Å². The number of carbonyl (C=O) groups excluding carboxylic acids is 2. The van der Waals surface area contributed by atoms with E-state index in [1.54, 1.807) is 0 Å². The van der Waals surface area contributed by atoms with Gasteiger partial charge in [-0.3, -0.25) is 4.79 Å². The van der Waals surface area contributed by atoms with E-state index in [1.165, 1.54) is 0 Å². The lowest BCUT2D eigenvalue weighted by atomic mass is 9.77. The molecule has 0 bridgehead atoms. The minimum Gasteiger partial charge on any atom is -0.347 e. The molecule has 0 spiro atoms. The molecule has 0 aliphatic carbocycles. The van der Waals surface area contributed by atoms with Crippen LogP contribution in [-0.4, -0.2) is 18.1 Å². The number of ketones is 1. The normalized spacial score (nSPS) is 25.0. The number of Topliss-reactive ketones (excluding diaryl/α,β-unsaturated/α-hetero) is 1. The minimum absolute atomic E-state index is 0.0796. The van der Waals surface area contributed by atoms with E-state index >= 15 is 0 Å². The van der Waals surface area contributed by atoms with Gasteiger partial charge in [-0.15, -0.1) is 0 Å². The monoisotopic (exact) mass is 317 g/mol. The van der Waals surface area contributed by atoms with Crippen LogP contribution in [-0.2, 0) is 10.3 Å². The van der Waals surface area contributed by atoms with Crippen LogP contribution in [0.5, 0.6) is 0 Å². The Kier molecular flexibility index (Phi) is 3.38. The molecule has 0 aromatic heterocycles. The van der Waals surface area contributed by atoms with Gasteiger partial charge in [-0.25, -0.2) is 0 Å². The molecule has 0 saturated carbocycles. The van der Waals surface area contributed by atoms with Gasteiger partial charge >= 0.3 is 0 Å². The zero-order valence-corrected chi connectivity index (χ0v) is 13.6. The van der Waals surface area contributed by atoms with E-state index in [2.05, 4.69) is 17.9 Å². The molecule has 2 aliphatic heterocycles. The first-order chi connectivity index (χ1) is 11.7. The van der Waals surface area contributed by atoms with Gasteiger partial charge in [-0.1, -0.05) is 54.1 Å². The van der Waals surface area contributed by atoms with Crippen molar-refractivity contribution in [2.45, 2.75) is 31.3 Å². The summed E-state index contributed by atoms with van der Waals surface area (Å²) >= 11 is 0. The van der Waals surface area contributed by atoms with E-state index in [0.717, 1.165) is 28.7 Å². The van der Waals surface area contributed by atoms with Gasteiger partial charge in [0.25, 0.3) is 0 Å². The number of benzene rings is 2. The van der Waals surface area contributed by atoms with E-state index in [-0.39, 0.29) is 11.8 Å². The third-order valence-corrected chi connectivity index (χ3v) is 5.32. The maximum absolute atomic E-state index is 13.5. The van der Waals surface area contributed by atoms with Crippen LogP contribution in [0.2, 0.25) is 0 Å². The van der Waals surface area contributed by atoms with Crippen LogP contribution in [0.4, 0.5) is 5.69 Å². The molecule has 3 heteroatoms. The van der Waals surface area contributed by atoms with E-state index in [1.807, 2.05) is 54.6 Å². The molecule has 4 rings (SSSR count). The lowest BCUT2D eigenvalue weighted by molar-refractivity contribution is -0.108. The number of hydrogen-bond donors (Lipinski definition) is 0. The van der Waals surface area contributed by atoms with Gasteiger partial charge in [0.15, 0.2) is 5.78 Å². The van der Waals surface area contributed by atoms with Crippen molar-refractivity contribution in [1.82, 2.24) is 0 Å². The van der Waals surface area contributed by atoms with Gasteiger partial charge in [0.1, 0.15) is 11.8 Å². The molecule has 3 nitrogen and oxygen atoms in total. The highest BCUT2D eigenvalue weighted by atomic mass is 16.1. The number of rotatable bonds is 3. The highest BCUT2D eigenvalue weighted by Gasteiger charge is 2.55. The summed E-state index contributed by atoms with van der Waals surface area (Å²) in [6, 6.07) is 17.6. The fraction of sp³-hybridized carbons (Fsp3) is 0.238. The zero-order chi connectivity index (χ0) is 16.7. The predicted octanol–water partition coefficient (Wildman–Crippen LogP) is 3.89. The Labute approximate surface area is 141 Å². The summed E-state index contributed by atoms with van der Waals surface area (Å²) in [5.74, 6) is 0.129. The number of carbonyl (C=O) groups is 2. The SMILES string of the molecule is CC1=CC[C@@]2(c3ccccc3)C(=O)c3ccccc3N2[C@@H]1CC=O. The van der Waals surface area contributed by atoms with Crippen molar-refractivity contribution >= 4 is 17.8 Å². The number of fused-ring (bicyclic) bond motifs is 3. The van der Waals surface area contributed by atoms with Gasteiger partial charge in [0, 0.05) is 24.1 Å². The van der Waals surface area contributed by atoms with Crippen molar-refractivity contribution in [3.05, 3.63) is 77.4 Å². The lowest BCUT2D eigenvalue weighted by Crippen LogP contribution is -2.55.